The number of likely N-dealkylation sites (tertiary alicyclic amines) is 1. The fourth-order valence-electron chi connectivity index (χ4n) is 3.97. The zero-order valence-corrected chi connectivity index (χ0v) is 12.3. The van der Waals surface area contributed by atoms with E-state index in [1.54, 1.807) is 0 Å². The van der Waals surface area contributed by atoms with Crippen LogP contribution in [-0.2, 0) is 22.6 Å². The van der Waals surface area contributed by atoms with Crippen molar-refractivity contribution in [3.8, 4) is 0 Å². The number of rotatable bonds is 4. The minimum Gasteiger partial charge on any atom is -0.469 e. The lowest BCUT2D eigenvalue weighted by molar-refractivity contribution is -0.153. The van der Waals surface area contributed by atoms with E-state index in [4.69, 9.17) is 4.74 Å². The van der Waals surface area contributed by atoms with Gasteiger partial charge in [-0.2, -0.15) is 5.10 Å². The number of esters is 1. The summed E-state index contributed by atoms with van der Waals surface area (Å²) in [6, 6.07) is 0. The number of aryl methyl sites for hydroxylation is 1. The average Bonchev–Trinajstić information content (AvgIpc) is 3.11. The minimum absolute atomic E-state index is 0.00764. The number of fused-ring (bicyclic) bond motifs is 1. The average molecular weight is 277 g/mol. The fraction of sp³-hybridized carbons (Fsp3) is 0.733. The largest absolute Gasteiger partial charge is 0.469 e. The van der Waals surface area contributed by atoms with Crippen molar-refractivity contribution in [1.82, 2.24) is 14.7 Å². The first-order chi connectivity index (χ1) is 9.68. The second-order valence-electron chi connectivity index (χ2n) is 6.11. The number of nitrogens with zero attached hydrogens (tertiary/aromatic N) is 3. The Kier molecular flexibility index (Phi) is 3.54. The zero-order valence-electron chi connectivity index (χ0n) is 12.3. The summed E-state index contributed by atoms with van der Waals surface area (Å²) < 4.78 is 7.02. The SMILES string of the molecule is CCn1cc(CN2C[C@H]3CCC[C@@]3(C(=O)OC)C2)cn1. The van der Waals surface area contributed by atoms with Gasteiger partial charge in [-0.25, -0.2) is 0 Å². The third kappa shape index (κ3) is 2.14. The molecule has 1 aromatic rings. The number of aromatic nitrogens is 2. The molecule has 2 aliphatic rings. The van der Waals surface area contributed by atoms with Gasteiger partial charge in [-0.3, -0.25) is 14.4 Å². The van der Waals surface area contributed by atoms with Crippen LogP contribution < -0.4 is 0 Å². The molecule has 3 rings (SSSR count). The van der Waals surface area contributed by atoms with Crippen LogP contribution in [0.2, 0.25) is 0 Å². The summed E-state index contributed by atoms with van der Waals surface area (Å²) in [5, 5.41) is 4.32. The highest BCUT2D eigenvalue weighted by molar-refractivity contribution is 5.78. The Hall–Kier alpha value is -1.36. The van der Waals surface area contributed by atoms with Crippen molar-refractivity contribution in [2.45, 2.75) is 39.3 Å². The molecule has 110 valence electrons. The maximum atomic E-state index is 12.2. The van der Waals surface area contributed by atoms with Gasteiger partial charge in [0.25, 0.3) is 0 Å². The molecule has 1 aliphatic heterocycles. The van der Waals surface area contributed by atoms with Crippen molar-refractivity contribution < 1.29 is 9.53 Å². The number of hydrogen-bond acceptors (Lipinski definition) is 4. The van der Waals surface area contributed by atoms with Gasteiger partial charge in [0.1, 0.15) is 0 Å². The first-order valence-corrected chi connectivity index (χ1v) is 7.50. The smallest absolute Gasteiger partial charge is 0.313 e. The van der Waals surface area contributed by atoms with Crippen LogP contribution in [0.3, 0.4) is 0 Å². The highest BCUT2D eigenvalue weighted by Crippen LogP contribution is 2.49. The van der Waals surface area contributed by atoms with Crippen molar-refractivity contribution >= 4 is 5.97 Å². The molecule has 1 saturated heterocycles. The van der Waals surface area contributed by atoms with Gasteiger partial charge >= 0.3 is 5.97 Å². The summed E-state index contributed by atoms with van der Waals surface area (Å²) in [5.74, 6) is 0.461. The molecule has 0 bridgehead atoms. The molecule has 2 heterocycles. The first-order valence-electron chi connectivity index (χ1n) is 7.50. The second kappa shape index (κ2) is 5.20. The maximum Gasteiger partial charge on any atom is 0.313 e. The van der Waals surface area contributed by atoms with Gasteiger partial charge in [-0.15, -0.1) is 0 Å². The van der Waals surface area contributed by atoms with Crippen LogP contribution in [0.5, 0.6) is 0 Å². The predicted octanol–water partition coefficient (Wildman–Crippen LogP) is 1.68. The molecule has 5 heteroatoms. The lowest BCUT2D eigenvalue weighted by Crippen LogP contribution is -2.36. The molecule has 1 aromatic heterocycles. The van der Waals surface area contributed by atoms with E-state index in [9.17, 15) is 4.79 Å². The third-order valence-electron chi connectivity index (χ3n) is 4.95. The Bertz CT molecular complexity index is 499. The molecule has 0 radical (unpaired) electrons. The summed E-state index contributed by atoms with van der Waals surface area (Å²) in [7, 11) is 1.51. The Morgan fingerprint density at radius 3 is 3.15 bits per heavy atom. The number of hydrogen-bond donors (Lipinski definition) is 0. The summed E-state index contributed by atoms with van der Waals surface area (Å²) in [6.45, 7) is 5.71. The quantitative estimate of drug-likeness (QED) is 0.786. The van der Waals surface area contributed by atoms with Gasteiger partial charge in [-0.1, -0.05) is 6.42 Å². The molecule has 0 unspecified atom stereocenters. The van der Waals surface area contributed by atoms with E-state index < -0.39 is 0 Å². The molecular formula is C15H23N3O2. The van der Waals surface area contributed by atoms with Gasteiger partial charge in [0.2, 0.25) is 0 Å². The lowest BCUT2D eigenvalue weighted by Gasteiger charge is -2.25. The van der Waals surface area contributed by atoms with Crippen LogP contribution >= 0.6 is 0 Å². The maximum absolute atomic E-state index is 12.2. The molecule has 5 nitrogen and oxygen atoms in total. The van der Waals surface area contributed by atoms with Crippen LogP contribution in [0.1, 0.15) is 31.7 Å². The predicted molar refractivity (Wildman–Crippen MR) is 75.0 cm³/mol. The van der Waals surface area contributed by atoms with Crippen molar-refractivity contribution in [1.29, 1.82) is 0 Å². The summed E-state index contributed by atoms with van der Waals surface area (Å²) in [4.78, 5) is 14.6. The van der Waals surface area contributed by atoms with Crippen molar-refractivity contribution in [2.75, 3.05) is 20.2 Å². The molecule has 2 fully saturated rings. The van der Waals surface area contributed by atoms with E-state index >= 15 is 0 Å². The van der Waals surface area contributed by atoms with E-state index in [1.165, 1.54) is 12.7 Å². The number of carbonyl (C=O) groups is 1. The van der Waals surface area contributed by atoms with Crippen LogP contribution in [-0.4, -0.2) is 40.8 Å². The summed E-state index contributed by atoms with van der Waals surface area (Å²) >= 11 is 0. The van der Waals surface area contributed by atoms with Crippen LogP contribution in [0.15, 0.2) is 12.4 Å². The summed E-state index contributed by atoms with van der Waals surface area (Å²) in [5.41, 5.74) is 0.988. The van der Waals surface area contributed by atoms with Gasteiger partial charge in [0, 0.05) is 37.9 Å². The summed E-state index contributed by atoms with van der Waals surface area (Å²) in [6.07, 6.45) is 7.32. The molecule has 20 heavy (non-hydrogen) atoms. The van der Waals surface area contributed by atoms with E-state index in [0.717, 1.165) is 45.4 Å². The van der Waals surface area contributed by atoms with Crippen LogP contribution in [0.4, 0.5) is 0 Å². The topological polar surface area (TPSA) is 47.4 Å². The molecule has 1 saturated carbocycles. The van der Waals surface area contributed by atoms with Crippen molar-refractivity contribution in [2.24, 2.45) is 11.3 Å². The fourth-order valence-corrected chi connectivity index (χ4v) is 3.97. The number of methoxy groups -OCH3 is 1. The molecule has 0 aromatic carbocycles. The second-order valence-corrected chi connectivity index (χ2v) is 6.11. The highest BCUT2D eigenvalue weighted by atomic mass is 16.5. The van der Waals surface area contributed by atoms with E-state index in [2.05, 4.69) is 23.1 Å². The van der Waals surface area contributed by atoms with E-state index in [0.29, 0.717) is 5.92 Å². The van der Waals surface area contributed by atoms with Crippen LogP contribution in [0.25, 0.3) is 0 Å². The monoisotopic (exact) mass is 277 g/mol. The Balaban J connectivity index is 1.70. The molecular weight excluding hydrogens is 254 g/mol. The van der Waals surface area contributed by atoms with Gasteiger partial charge in [-0.05, 0) is 25.7 Å². The molecule has 2 atom stereocenters. The molecule has 0 N–H and O–H groups in total. The van der Waals surface area contributed by atoms with E-state index in [1.807, 2.05) is 10.9 Å². The van der Waals surface area contributed by atoms with Gasteiger partial charge in [0.05, 0.1) is 18.7 Å². The highest BCUT2D eigenvalue weighted by Gasteiger charge is 2.55. The zero-order chi connectivity index (χ0) is 14.2. The van der Waals surface area contributed by atoms with Gasteiger partial charge in [0.15, 0.2) is 0 Å². The van der Waals surface area contributed by atoms with Crippen LogP contribution in [0, 0.1) is 11.3 Å². The van der Waals surface area contributed by atoms with Crippen molar-refractivity contribution in [3.63, 3.8) is 0 Å². The standard InChI is InChI=1S/C15H23N3O2/c1-3-18-9-12(7-16-18)8-17-10-13-5-4-6-15(13,11-17)14(19)20-2/h7,9,13H,3-6,8,10-11H2,1-2H3/t13-,15-/m1/s1. The van der Waals surface area contributed by atoms with Crippen molar-refractivity contribution in [3.05, 3.63) is 18.0 Å². The van der Waals surface area contributed by atoms with Gasteiger partial charge < -0.3 is 4.74 Å². The number of ether oxygens (including phenoxy) is 1. The Morgan fingerprint density at radius 1 is 1.60 bits per heavy atom. The molecule has 0 amide bonds. The molecule has 0 spiro atoms. The molecule has 1 aliphatic carbocycles. The first kappa shape index (κ1) is 13.6. The third-order valence-corrected chi connectivity index (χ3v) is 4.95. The Labute approximate surface area is 119 Å². The normalized spacial score (nSPS) is 29.6. The van der Waals surface area contributed by atoms with E-state index in [-0.39, 0.29) is 11.4 Å². The Morgan fingerprint density at radius 2 is 2.45 bits per heavy atom. The number of carbonyl (C=O) groups excluding carboxylic acids is 1. The minimum atomic E-state index is -0.241. The lowest BCUT2D eigenvalue weighted by atomic mass is 9.81.